The molecule has 24 heavy (non-hydrogen) atoms. The lowest BCUT2D eigenvalue weighted by atomic mass is 9.82. The Morgan fingerprint density at radius 2 is 2.17 bits per heavy atom. The number of fused-ring (bicyclic) bond motifs is 2. The van der Waals surface area contributed by atoms with Crippen LogP contribution in [0.4, 0.5) is 0 Å². The molecule has 2 aliphatic rings. The van der Waals surface area contributed by atoms with Crippen LogP contribution in [0.1, 0.15) is 10.5 Å². The van der Waals surface area contributed by atoms with Gasteiger partial charge < -0.3 is 14.7 Å². The lowest BCUT2D eigenvalue weighted by Gasteiger charge is -2.24. The molecule has 1 amide bonds. The molecule has 0 radical (unpaired) electrons. The summed E-state index contributed by atoms with van der Waals surface area (Å²) in [6, 6.07) is 7.02. The highest BCUT2D eigenvalue weighted by molar-refractivity contribution is 6.04. The molecular formula is C17H19N3O4. The highest BCUT2D eigenvalue weighted by atomic mass is 16.5. The van der Waals surface area contributed by atoms with Gasteiger partial charge in [-0.1, -0.05) is 18.2 Å². The van der Waals surface area contributed by atoms with Crippen molar-refractivity contribution in [2.75, 3.05) is 32.9 Å². The van der Waals surface area contributed by atoms with Crippen LogP contribution in [0.25, 0.3) is 10.8 Å². The number of benzene rings is 1. The van der Waals surface area contributed by atoms with Crippen LogP contribution < -0.4 is 5.56 Å². The molecule has 0 aliphatic carbocycles. The second-order valence-electron chi connectivity index (χ2n) is 6.74. The Hall–Kier alpha value is -2.25. The Kier molecular flexibility index (Phi) is 3.43. The van der Waals surface area contributed by atoms with Crippen molar-refractivity contribution in [2.24, 2.45) is 18.4 Å². The predicted octanol–water partition coefficient (Wildman–Crippen LogP) is 0.0144. The minimum atomic E-state index is -0.369. The summed E-state index contributed by atoms with van der Waals surface area (Å²) in [5.74, 6) is -0.0609. The number of hydrogen-bond acceptors (Lipinski definition) is 5. The first-order valence-corrected chi connectivity index (χ1v) is 8.00. The Morgan fingerprint density at radius 3 is 2.88 bits per heavy atom. The highest BCUT2D eigenvalue weighted by Crippen LogP contribution is 2.41. The number of rotatable bonds is 2. The largest absolute Gasteiger partial charge is 0.396 e. The fourth-order valence-electron chi connectivity index (χ4n) is 3.82. The van der Waals surface area contributed by atoms with Crippen LogP contribution in [-0.2, 0) is 11.8 Å². The van der Waals surface area contributed by atoms with Crippen molar-refractivity contribution in [2.45, 2.75) is 0 Å². The molecule has 1 N–H and O–H groups in total. The normalized spacial score (nSPS) is 26.1. The number of aromatic nitrogens is 2. The van der Waals surface area contributed by atoms with E-state index < -0.39 is 0 Å². The van der Waals surface area contributed by atoms with Crippen molar-refractivity contribution in [1.82, 2.24) is 14.7 Å². The van der Waals surface area contributed by atoms with Crippen LogP contribution in [0.15, 0.2) is 29.1 Å². The Morgan fingerprint density at radius 1 is 1.42 bits per heavy atom. The average Bonchev–Trinajstić information content (AvgIpc) is 3.15. The molecule has 2 aromatic rings. The summed E-state index contributed by atoms with van der Waals surface area (Å²) < 4.78 is 6.69. The summed E-state index contributed by atoms with van der Waals surface area (Å²) in [4.78, 5) is 27.0. The first kappa shape index (κ1) is 15.3. The summed E-state index contributed by atoms with van der Waals surface area (Å²) in [5, 5.41) is 15.0. The third kappa shape index (κ3) is 2.08. The van der Waals surface area contributed by atoms with E-state index in [1.165, 1.54) is 4.68 Å². The minimum absolute atomic E-state index is 0.00288. The number of carbonyl (C=O) groups excluding carboxylic acids is 1. The van der Waals surface area contributed by atoms with E-state index in [1.54, 1.807) is 36.2 Å². The number of likely N-dealkylation sites (tertiary alicyclic amines) is 1. The van der Waals surface area contributed by atoms with Gasteiger partial charge >= 0.3 is 0 Å². The lowest BCUT2D eigenvalue weighted by Crippen LogP contribution is -2.37. The van der Waals surface area contributed by atoms with Gasteiger partial charge in [0.2, 0.25) is 0 Å². The second-order valence-corrected chi connectivity index (χ2v) is 6.74. The third-order valence-electron chi connectivity index (χ3n) is 5.28. The van der Waals surface area contributed by atoms with E-state index in [4.69, 9.17) is 4.74 Å². The molecule has 7 nitrogen and oxygen atoms in total. The molecule has 3 heterocycles. The van der Waals surface area contributed by atoms with Gasteiger partial charge in [0.1, 0.15) is 0 Å². The highest BCUT2D eigenvalue weighted by Gasteiger charge is 2.51. The van der Waals surface area contributed by atoms with Gasteiger partial charge in [-0.25, -0.2) is 4.68 Å². The van der Waals surface area contributed by atoms with E-state index in [2.05, 4.69) is 5.10 Å². The van der Waals surface area contributed by atoms with Crippen LogP contribution in [-0.4, -0.2) is 58.6 Å². The van der Waals surface area contributed by atoms with Gasteiger partial charge in [-0.15, -0.1) is 0 Å². The van der Waals surface area contributed by atoms with E-state index in [9.17, 15) is 14.7 Å². The molecule has 7 heteroatoms. The number of nitrogens with zero attached hydrogens (tertiary/aromatic N) is 3. The van der Waals surface area contributed by atoms with E-state index >= 15 is 0 Å². The Balaban J connectivity index is 1.75. The molecule has 1 aromatic heterocycles. The monoisotopic (exact) mass is 329 g/mol. The van der Waals surface area contributed by atoms with Crippen LogP contribution in [0.3, 0.4) is 0 Å². The standard InChI is InChI=1S/C17H19N3O4/c1-19-15(22)13-5-3-2-4-12(13)14(18-19)16(23)20-6-11-7-24-10-17(11,8-20)9-21/h2-5,11,21H,6-10H2,1H3/t11-,17-/m0/s1. The van der Waals surface area contributed by atoms with Crippen LogP contribution in [0, 0.1) is 11.3 Å². The van der Waals surface area contributed by atoms with Gasteiger partial charge in [-0.2, -0.15) is 5.10 Å². The Labute approximate surface area is 138 Å². The number of amides is 1. The molecule has 1 aromatic carbocycles. The molecular weight excluding hydrogens is 310 g/mol. The van der Waals surface area contributed by atoms with E-state index in [-0.39, 0.29) is 35.1 Å². The predicted molar refractivity (Wildman–Crippen MR) is 86.7 cm³/mol. The number of hydrogen-bond donors (Lipinski definition) is 1. The Bertz CT molecular complexity index is 878. The smallest absolute Gasteiger partial charge is 0.274 e. The fourth-order valence-corrected chi connectivity index (χ4v) is 3.82. The maximum atomic E-state index is 13.0. The maximum Gasteiger partial charge on any atom is 0.274 e. The molecule has 2 atom stereocenters. The SMILES string of the molecule is Cn1nc(C(=O)N2C[C@H]3COC[C@@]3(CO)C2)c2ccccc2c1=O. The second kappa shape index (κ2) is 5.39. The summed E-state index contributed by atoms with van der Waals surface area (Å²) in [5.41, 5.74) is -0.311. The molecule has 0 spiro atoms. The molecule has 2 fully saturated rings. The number of ether oxygens (including phenoxy) is 1. The number of aryl methyl sites for hydroxylation is 1. The first-order valence-electron chi connectivity index (χ1n) is 8.00. The van der Waals surface area contributed by atoms with Gasteiger partial charge in [0.25, 0.3) is 11.5 Å². The number of aliphatic hydroxyl groups is 1. The first-order chi connectivity index (χ1) is 11.6. The minimum Gasteiger partial charge on any atom is -0.396 e. The fraction of sp³-hybridized carbons (Fsp3) is 0.471. The lowest BCUT2D eigenvalue weighted by molar-refractivity contribution is 0.0626. The molecule has 0 saturated carbocycles. The zero-order valence-electron chi connectivity index (χ0n) is 13.4. The molecule has 0 unspecified atom stereocenters. The van der Waals surface area contributed by atoms with Crippen LogP contribution in [0.5, 0.6) is 0 Å². The van der Waals surface area contributed by atoms with Gasteiger partial charge in [0.05, 0.1) is 25.2 Å². The van der Waals surface area contributed by atoms with Crippen LogP contribution in [0.2, 0.25) is 0 Å². The van der Waals surface area contributed by atoms with Crippen molar-refractivity contribution in [3.8, 4) is 0 Å². The maximum absolute atomic E-state index is 13.0. The van der Waals surface area contributed by atoms with Crippen molar-refractivity contribution in [3.63, 3.8) is 0 Å². The summed E-state index contributed by atoms with van der Waals surface area (Å²) >= 11 is 0. The quantitative estimate of drug-likeness (QED) is 0.839. The number of aliphatic hydroxyl groups excluding tert-OH is 1. The van der Waals surface area contributed by atoms with Crippen molar-refractivity contribution in [1.29, 1.82) is 0 Å². The average molecular weight is 329 g/mol. The molecule has 4 rings (SSSR count). The molecule has 2 saturated heterocycles. The van der Waals surface area contributed by atoms with Gasteiger partial charge in [0, 0.05) is 36.9 Å². The molecule has 2 aliphatic heterocycles. The summed E-state index contributed by atoms with van der Waals surface area (Å²) in [7, 11) is 1.55. The zero-order valence-corrected chi connectivity index (χ0v) is 13.4. The van der Waals surface area contributed by atoms with Gasteiger partial charge in [0.15, 0.2) is 5.69 Å². The number of carbonyl (C=O) groups is 1. The molecule has 126 valence electrons. The van der Waals surface area contributed by atoms with E-state index in [0.717, 1.165) is 0 Å². The van der Waals surface area contributed by atoms with Crippen molar-refractivity contribution < 1.29 is 14.6 Å². The third-order valence-corrected chi connectivity index (χ3v) is 5.28. The van der Waals surface area contributed by atoms with Crippen LogP contribution >= 0.6 is 0 Å². The van der Waals surface area contributed by atoms with E-state index in [0.29, 0.717) is 37.1 Å². The summed E-state index contributed by atoms with van der Waals surface area (Å²) in [6.45, 7) is 2.03. The van der Waals surface area contributed by atoms with E-state index in [1.807, 2.05) is 0 Å². The topological polar surface area (TPSA) is 84.7 Å². The van der Waals surface area contributed by atoms with Crippen molar-refractivity contribution in [3.05, 3.63) is 40.3 Å². The zero-order chi connectivity index (χ0) is 16.9. The van der Waals surface area contributed by atoms with Gasteiger partial charge in [-0.3, -0.25) is 9.59 Å². The summed E-state index contributed by atoms with van der Waals surface area (Å²) in [6.07, 6.45) is 0. The van der Waals surface area contributed by atoms with Gasteiger partial charge in [-0.05, 0) is 6.07 Å². The molecule has 0 bridgehead atoms. The van der Waals surface area contributed by atoms with Crippen molar-refractivity contribution >= 4 is 16.7 Å².